The lowest BCUT2D eigenvalue weighted by Gasteiger charge is -2.31. The largest absolute Gasteiger partial charge is 0.347 e. The number of benzene rings is 1. The summed E-state index contributed by atoms with van der Waals surface area (Å²) >= 11 is 0. The molecule has 1 aromatic heterocycles. The molecule has 1 fully saturated rings. The summed E-state index contributed by atoms with van der Waals surface area (Å²) in [6.45, 7) is 6.26. The van der Waals surface area contributed by atoms with Crippen LogP contribution in [0.3, 0.4) is 0 Å². The molecule has 132 valence electrons. The number of piperidine rings is 1. The minimum absolute atomic E-state index is 0.249. The summed E-state index contributed by atoms with van der Waals surface area (Å²) in [5.41, 5.74) is 1.98. The zero-order valence-electron chi connectivity index (χ0n) is 14.6. The SMILES string of the molecule is Cc1cc(C(=O)NCc2ccc(F)cc2)nc(N2CCCC(C)C2)n1. The molecule has 0 aliphatic carbocycles. The van der Waals surface area contributed by atoms with Crippen LogP contribution in [0.5, 0.6) is 0 Å². The van der Waals surface area contributed by atoms with E-state index in [2.05, 4.69) is 27.1 Å². The van der Waals surface area contributed by atoms with Gasteiger partial charge < -0.3 is 10.2 Å². The Morgan fingerprint density at radius 1 is 1.32 bits per heavy atom. The first kappa shape index (κ1) is 17.3. The third kappa shape index (κ3) is 4.53. The number of hydrogen-bond donors (Lipinski definition) is 1. The Hall–Kier alpha value is -2.50. The number of carbonyl (C=O) groups excluding carboxylic acids is 1. The molecule has 1 atom stereocenters. The second-order valence-corrected chi connectivity index (χ2v) is 6.70. The molecular weight excluding hydrogens is 319 g/mol. The molecule has 1 aliphatic heterocycles. The molecule has 0 radical (unpaired) electrons. The number of nitrogens with one attached hydrogen (secondary N) is 1. The molecule has 0 spiro atoms. The van der Waals surface area contributed by atoms with Gasteiger partial charge in [0.2, 0.25) is 5.95 Å². The summed E-state index contributed by atoms with van der Waals surface area (Å²) < 4.78 is 12.9. The van der Waals surface area contributed by atoms with Crippen LogP contribution in [0, 0.1) is 18.7 Å². The summed E-state index contributed by atoms with van der Waals surface area (Å²) in [5.74, 6) is 0.690. The van der Waals surface area contributed by atoms with Gasteiger partial charge in [-0.15, -0.1) is 0 Å². The van der Waals surface area contributed by atoms with Crippen LogP contribution in [0.15, 0.2) is 30.3 Å². The van der Waals surface area contributed by atoms with Crippen molar-refractivity contribution in [2.45, 2.75) is 33.2 Å². The lowest BCUT2D eigenvalue weighted by molar-refractivity contribution is 0.0945. The Bertz CT molecular complexity index is 748. The van der Waals surface area contributed by atoms with E-state index in [1.807, 2.05) is 6.92 Å². The van der Waals surface area contributed by atoms with Crippen LogP contribution in [-0.4, -0.2) is 29.0 Å². The van der Waals surface area contributed by atoms with Gasteiger partial charge >= 0.3 is 0 Å². The first-order valence-electron chi connectivity index (χ1n) is 8.64. The number of nitrogens with zero attached hydrogens (tertiary/aromatic N) is 3. The van der Waals surface area contributed by atoms with Crippen molar-refractivity contribution < 1.29 is 9.18 Å². The first-order valence-corrected chi connectivity index (χ1v) is 8.64. The predicted molar refractivity (Wildman–Crippen MR) is 95.0 cm³/mol. The van der Waals surface area contributed by atoms with Crippen molar-refractivity contribution in [3.63, 3.8) is 0 Å². The lowest BCUT2D eigenvalue weighted by Crippen LogP contribution is -2.36. The van der Waals surface area contributed by atoms with E-state index in [1.54, 1.807) is 18.2 Å². The van der Waals surface area contributed by atoms with E-state index >= 15 is 0 Å². The van der Waals surface area contributed by atoms with Gasteiger partial charge in [0, 0.05) is 25.3 Å². The molecule has 2 heterocycles. The normalized spacial score (nSPS) is 17.4. The molecule has 1 saturated heterocycles. The molecular formula is C19H23FN4O. The lowest BCUT2D eigenvalue weighted by atomic mass is 10.0. The van der Waals surface area contributed by atoms with Gasteiger partial charge in [-0.3, -0.25) is 4.79 Å². The fourth-order valence-electron chi connectivity index (χ4n) is 3.06. The summed E-state index contributed by atoms with van der Waals surface area (Å²) in [7, 11) is 0. The van der Waals surface area contributed by atoms with Crippen LogP contribution in [0.4, 0.5) is 10.3 Å². The van der Waals surface area contributed by atoms with E-state index in [0.29, 0.717) is 24.1 Å². The van der Waals surface area contributed by atoms with Crippen molar-refractivity contribution >= 4 is 11.9 Å². The molecule has 1 aromatic carbocycles. The van der Waals surface area contributed by atoms with Gasteiger partial charge in [-0.05, 0) is 49.4 Å². The van der Waals surface area contributed by atoms with E-state index in [0.717, 1.165) is 30.8 Å². The quantitative estimate of drug-likeness (QED) is 0.928. The Labute approximate surface area is 147 Å². The molecule has 2 aromatic rings. The van der Waals surface area contributed by atoms with Gasteiger partial charge in [0.25, 0.3) is 5.91 Å². The molecule has 25 heavy (non-hydrogen) atoms. The fourth-order valence-corrected chi connectivity index (χ4v) is 3.06. The number of halogens is 1. The second kappa shape index (κ2) is 7.59. The number of anilines is 1. The van der Waals surface area contributed by atoms with Crippen LogP contribution in [-0.2, 0) is 6.54 Å². The predicted octanol–water partition coefficient (Wildman–Crippen LogP) is 3.09. The molecule has 5 nitrogen and oxygen atoms in total. The van der Waals surface area contributed by atoms with Crippen LogP contribution in [0.25, 0.3) is 0 Å². The van der Waals surface area contributed by atoms with E-state index in [9.17, 15) is 9.18 Å². The van der Waals surface area contributed by atoms with Gasteiger partial charge in [-0.1, -0.05) is 19.1 Å². The zero-order valence-corrected chi connectivity index (χ0v) is 14.6. The van der Waals surface area contributed by atoms with Crippen molar-refractivity contribution in [3.05, 3.63) is 53.1 Å². The average Bonchev–Trinajstić information content (AvgIpc) is 2.60. The highest BCUT2D eigenvalue weighted by Gasteiger charge is 2.20. The Balaban J connectivity index is 1.70. The smallest absolute Gasteiger partial charge is 0.270 e. The highest BCUT2D eigenvalue weighted by atomic mass is 19.1. The summed E-state index contributed by atoms with van der Waals surface area (Å²) in [6, 6.07) is 7.76. The molecule has 0 saturated carbocycles. The van der Waals surface area contributed by atoms with Crippen molar-refractivity contribution in [2.24, 2.45) is 5.92 Å². The summed E-state index contributed by atoms with van der Waals surface area (Å²) in [4.78, 5) is 23.5. The number of hydrogen-bond acceptors (Lipinski definition) is 4. The average molecular weight is 342 g/mol. The monoisotopic (exact) mass is 342 g/mol. The maximum Gasteiger partial charge on any atom is 0.270 e. The number of carbonyl (C=O) groups is 1. The molecule has 1 aliphatic rings. The van der Waals surface area contributed by atoms with Gasteiger partial charge in [-0.2, -0.15) is 0 Å². The van der Waals surface area contributed by atoms with Crippen LogP contribution in [0.2, 0.25) is 0 Å². The highest BCUT2D eigenvalue weighted by Crippen LogP contribution is 2.20. The molecule has 3 rings (SSSR count). The first-order chi connectivity index (χ1) is 12.0. The standard InChI is InChI=1S/C19H23FN4O/c1-13-4-3-9-24(12-13)19-22-14(2)10-17(23-19)18(25)21-11-15-5-7-16(20)8-6-15/h5-8,10,13H,3-4,9,11-12H2,1-2H3,(H,21,25). The minimum Gasteiger partial charge on any atom is -0.347 e. The second-order valence-electron chi connectivity index (χ2n) is 6.70. The number of amides is 1. The minimum atomic E-state index is -0.290. The van der Waals surface area contributed by atoms with Gasteiger partial charge in [0.1, 0.15) is 11.5 Å². The molecule has 6 heteroatoms. The number of aryl methyl sites for hydroxylation is 1. The van der Waals surface area contributed by atoms with Gasteiger partial charge in [0.05, 0.1) is 0 Å². The molecule has 0 bridgehead atoms. The van der Waals surface area contributed by atoms with Gasteiger partial charge in [0.15, 0.2) is 0 Å². The van der Waals surface area contributed by atoms with Crippen molar-refractivity contribution in [1.29, 1.82) is 0 Å². The van der Waals surface area contributed by atoms with Gasteiger partial charge in [-0.25, -0.2) is 14.4 Å². The number of aromatic nitrogens is 2. The van der Waals surface area contributed by atoms with E-state index in [1.165, 1.54) is 18.6 Å². The summed E-state index contributed by atoms with van der Waals surface area (Å²) in [6.07, 6.45) is 2.33. The molecule has 1 unspecified atom stereocenters. The third-order valence-corrected chi connectivity index (χ3v) is 4.38. The van der Waals surface area contributed by atoms with Crippen LogP contribution in [0.1, 0.15) is 41.5 Å². The zero-order chi connectivity index (χ0) is 17.8. The molecule has 1 amide bonds. The number of rotatable bonds is 4. The Morgan fingerprint density at radius 2 is 2.08 bits per heavy atom. The van der Waals surface area contributed by atoms with Crippen LogP contribution < -0.4 is 10.2 Å². The van der Waals surface area contributed by atoms with E-state index in [4.69, 9.17) is 0 Å². The van der Waals surface area contributed by atoms with E-state index < -0.39 is 0 Å². The fraction of sp³-hybridized carbons (Fsp3) is 0.421. The van der Waals surface area contributed by atoms with E-state index in [-0.39, 0.29) is 11.7 Å². The van der Waals surface area contributed by atoms with Crippen molar-refractivity contribution in [2.75, 3.05) is 18.0 Å². The maximum absolute atomic E-state index is 12.9. The highest BCUT2D eigenvalue weighted by molar-refractivity contribution is 5.92. The molecule has 1 N–H and O–H groups in total. The summed E-state index contributed by atoms with van der Waals surface area (Å²) in [5, 5.41) is 2.83. The maximum atomic E-state index is 12.9. The topological polar surface area (TPSA) is 58.1 Å². The third-order valence-electron chi connectivity index (χ3n) is 4.38. The Kier molecular flexibility index (Phi) is 5.26. The van der Waals surface area contributed by atoms with Crippen molar-refractivity contribution in [1.82, 2.24) is 15.3 Å². The Morgan fingerprint density at radius 3 is 2.80 bits per heavy atom. The van der Waals surface area contributed by atoms with Crippen LogP contribution >= 0.6 is 0 Å². The van der Waals surface area contributed by atoms with Crippen molar-refractivity contribution in [3.8, 4) is 0 Å².